The maximum absolute atomic E-state index is 11.1. The average molecular weight is 310 g/mol. The van der Waals surface area contributed by atoms with Crippen molar-refractivity contribution in [3.63, 3.8) is 0 Å². The second kappa shape index (κ2) is 5.64. The lowest BCUT2D eigenvalue weighted by atomic mass is 10.1. The van der Waals surface area contributed by atoms with E-state index in [2.05, 4.69) is 15.9 Å². The zero-order chi connectivity index (χ0) is 11.4. The molecule has 0 amide bonds. The van der Waals surface area contributed by atoms with Crippen LogP contribution in [-0.4, -0.2) is 16.9 Å². The zero-order valence-electron chi connectivity index (χ0n) is 7.60. The zero-order valence-corrected chi connectivity index (χ0v) is 10.7. The van der Waals surface area contributed by atoms with Crippen molar-refractivity contribution in [2.75, 3.05) is 5.88 Å². The van der Waals surface area contributed by atoms with E-state index in [-0.39, 0.29) is 18.1 Å². The van der Waals surface area contributed by atoms with E-state index in [9.17, 15) is 9.59 Å². The molecule has 0 radical (unpaired) electrons. The first kappa shape index (κ1) is 12.7. The first-order chi connectivity index (χ1) is 7.06. The molecule has 2 nitrogen and oxygen atoms in total. The lowest BCUT2D eigenvalue weighted by Crippen LogP contribution is -2.05. The third-order valence-corrected chi connectivity index (χ3v) is 3.27. The van der Waals surface area contributed by atoms with E-state index in [0.717, 1.165) is 0 Å². The fraction of sp³-hybridized carbons (Fsp3) is 0.200. The Morgan fingerprint density at radius 2 is 2.00 bits per heavy atom. The van der Waals surface area contributed by atoms with Crippen molar-refractivity contribution in [2.45, 2.75) is 6.42 Å². The Labute approximate surface area is 106 Å². The topological polar surface area (TPSA) is 34.1 Å². The molecule has 80 valence electrons. The van der Waals surface area contributed by atoms with Crippen molar-refractivity contribution >= 4 is 50.2 Å². The van der Waals surface area contributed by atoms with Crippen molar-refractivity contribution in [1.29, 1.82) is 0 Å². The molecule has 0 spiro atoms. The van der Waals surface area contributed by atoms with E-state index in [4.69, 9.17) is 23.2 Å². The number of benzene rings is 1. The van der Waals surface area contributed by atoms with Crippen molar-refractivity contribution in [1.82, 2.24) is 0 Å². The fourth-order valence-electron chi connectivity index (χ4n) is 1.13. The summed E-state index contributed by atoms with van der Waals surface area (Å²) < 4.78 is 0.559. The van der Waals surface area contributed by atoms with Crippen LogP contribution >= 0.6 is 39.1 Å². The van der Waals surface area contributed by atoms with Crippen LogP contribution in [0.25, 0.3) is 0 Å². The molecule has 0 N–H and O–H groups in total. The van der Waals surface area contributed by atoms with E-state index in [1.54, 1.807) is 18.2 Å². The number of hydrogen-bond acceptors (Lipinski definition) is 2. The molecular formula is C10H7BrCl2O2. The van der Waals surface area contributed by atoms with Gasteiger partial charge in [0.1, 0.15) is 0 Å². The van der Waals surface area contributed by atoms with Crippen LogP contribution in [-0.2, 0) is 11.2 Å². The largest absolute Gasteiger partial charge is 0.298 e. The van der Waals surface area contributed by atoms with Gasteiger partial charge in [-0.1, -0.05) is 12.1 Å². The Hall–Kier alpha value is -0.380. The Morgan fingerprint density at radius 1 is 1.33 bits per heavy atom. The summed E-state index contributed by atoms with van der Waals surface area (Å²) in [5, 5.41) is -0.554. The first-order valence-corrected chi connectivity index (χ1v) is 5.81. The molecule has 0 saturated heterocycles. The van der Waals surface area contributed by atoms with Crippen LogP contribution in [0.3, 0.4) is 0 Å². The van der Waals surface area contributed by atoms with E-state index in [0.29, 0.717) is 15.6 Å². The van der Waals surface area contributed by atoms with Gasteiger partial charge in [0.15, 0.2) is 5.78 Å². The molecule has 15 heavy (non-hydrogen) atoms. The van der Waals surface area contributed by atoms with E-state index in [1.165, 1.54) is 0 Å². The Balaban J connectivity index is 3.04. The first-order valence-electron chi connectivity index (χ1n) is 4.11. The molecule has 0 aromatic heterocycles. The van der Waals surface area contributed by atoms with Crippen LogP contribution < -0.4 is 0 Å². The van der Waals surface area contributed by atoms with Gasteiger partial charge < -0.3 is 0 Å². The highest BCUT2D eigenvalue weighted by Crippen LogP contribution is 2.24. The van der Waals surface area contributed by atoms with Crippen LogP contribution in [0, 0.1) is 0 Å². The van der Waals surface area contributed by atoms with Crippen molar-refractivity contribution in [3.8, 4) is 0 Å². The summed E-state index contributed by atoms with van der Waals surface area (Å²) in [5.74, 6) is -0.137. The van der Waals surface area contributed by atoms with Gasteiger partial charge in [0.2, 0.25) is 0 Å². The van der Waals surface area contributed by atoms with Crippen molar-refractivity contribution < 1.29 is 9.59 Å². The molecule has 0 aliphatic heterocycles. The minimum absolute atomic E-state index is 0.0362. The molecule has 1 aromatic rings. The lowest BCUT2D eigenvalue weighted by Gasteiger charge is -2.05. The van der Waals surface area contributed by atoms with Crippen molar-refractivity contribution in [3.05, 3.63) is 33.8 Å². The second-order valence-electron chi connectivity index (χ2n) is 2.90. The molecule has 5 heteroatoms. The summed E-state index contributed by atoms with van der Waals surface area (Å²) >= 11 is 14.0. The van der Waals surface area contributed by atoms with Crippen LogP contribution in [0.15, 0.2) is 22.7 Å². The van der Waals surface area contributed by atoms with Crippen LogP contribution in [0.1, 0.15) is 15.9 Å². The van der Waals surface area contributed by atoms with Gasteiger partial charge in [-0.2, -0.15) is 0 Å². The smallest absolute Gasteiger partial charge is 0.253 e. The van der Waals surface area contributed by atoms with Gasteiger partial charge in [-0.15, -0.1) is 11.6 Å². The Kier molecular flexibility index (Phi) is 4.77. The van der Waals surface area contributed by atoms with Crippen LogP contribution in [0.2, 0.25) is 0 Å². The van der Waals surface area contributed by atoms with Gasteiger partial charge in [-0.3, -0.25) is 9.59 Å². The third-order valence-electron chi connectivity index (χ3n) is 1.83. The summed E-state index contributed by atoms with van der Waals surface area (Å²) in [6.45, 7) is 0. The summed E-state index contributed by atoms with van der Waals surface area (Å²) in [6, 6.07) is 5.02. The number of ketones is 1. The predicted octanol–water partition coefficient (Wildman–Crippen LogP) is 3.18. The second-order valence-corrected chi connectivity index (χ2v) is 4.31. The van der Waals surface area contributed by atoms with E-state index >= 15 is 0 Å². The highest BCUT2D eigenvalue weighted by Gasteiger charge is 2.12. The molecule has 0 bridgehead atoms. The van der Waals surface area contributed by atoms with Gasteiger partial charge >= 0.3 is 0 Å². The molecule has 0 aliphatic carbocycles. The quantitative estimate of drug-likeness (QED) is 0.632. The summed E-state index contributed by atoms with van der Waals surface area (Å²) in [6.07, 6.45) is 0.197. The monoisotopic (exact) mass is 308 g/mol. The predicted molar refractivity (Wildman–Crippen MR) is 63.8 cm³/mol. The standard InChI is InChI=1S/C10H7BrCl2O2/c11-9-6(4-7(14)5-12)2-1-3-8(9)10(13)15/h1-3H,4-5H2. The van der Waals surface area contributed by atoms with Gasteiger partial charge in [0, 0.05) is 16.5 Å². The number of Topliss-reactive ketones (excluding diaryl/α,β-unsaturated/α-hetero) is 1. The molecule has 1 aromatic carbocycles. The van der Waals surface area contributed by atoms with E-state index < -0.39 is 5.24 Å². The van der Waals surface area contributed by atoms with Gasteiger partial charge in [-0.25, -0.2) is 0 Å². The van der Waals surface area contributed by atoms with Gasteiger partial charge in [-0.05, 0) is 39.2 Å². The number of carbonyl (C=O) groups excluding carboxylic acids is 2. The highest BCUT2D eigenvalue weighted by molar-refractivity contribution is 9.10. The number of rotatable bonds is 4. The number of carbonyl (C=O) groups is 2. The normalized spacial score (nSPS) is 10.1. The fourth-order valence-corrected chi connectivity index (χ4v) is 2.08. The summed E-state index contributed by atoms with van der Waals surface area (Å²) in [5.41, 5.74) is 1.07. The third kappa shape index (κ3) is 3.30. The minimum atomic E-state index is -0.554. The molecule has 1 rings (SSSR count). The Morgan fingerprint density at radius 3 is 2.53 bits per heavy atom. The SMILES string of the molecule is O=C(CCl)Cc1cccc(C(=O)Cl)c1Br. The van der Waals surface area contributed by atoms with Gasteiger partial charge in [0.05, 0.1) is 5.88 Å². The van der Waals surface area contributed by atoms with E-state index in [1.807, 2.05) is 0 Å². The summed E-state index contributed by atoms with van der Waals surface area (Å²) in [7, 11) is 0. The molecule has 0 atom stereocenters. The Bertz CT molecular complexity index is 404. The molecular weight excluding hydrogens is 303 g/mol. The molecule has 0 heterocycles. The lowest BCUT2D eigenvalue weighted by molar-refractivity contribution is -0.116. The molecule has 0 unspecified atom stereocenters. The highest BCUT2D eigenvalue weighted by atomic mass is 79.9. The minimum Gasteiger partial charge on any atom is -0.298 e. The van der Waals surface area contributed by atoms with Crippen LogP contribution in [0.4, 0.5) is 0 Å². The number of alkyl halides is 1. The maximum atomic E-state index is 11.1. The van der Waals surface area contributed by atoms with Crippen LogP contribution in [0.5, 0.6) is 0 Å². The average Bonchev–Trinajstić information content (AvgIpc) is 2.20. The number of hydrogen-bond donors (Lipinski definition) is 0. The molecule has 0 saturated carbocycles. The van der Waals surface area contributed by atoms with Gasteiger partial charge in [0.25, 0.3) is 5.24 Å². The number of halogens is 3. The maximum Gasteiger partial charge on any atom is 0.253 e. The van der Waals surface area contributed by atoms with Crippen molar-refractivity contribution in [2.24, 2.45) is 0 Å². The summed E-state index contributed by atoms with van der Waals surface area (Å²) in [4.78, 5) is 22.1. The molecule has 0 fully saturated rings. The molecule has 0 aliphatic rings.